The highest BCUT2D eigenvalue weighted by molar-refractivity contribution is 7.10. The Balaban J connectivity index is 1.47. The van der Waals surface area contributed by atoms with Crippen molar-refractivity contribution in [2.45, 2.75) is 51.8 Å². The van der Waals surface area contributed by atoms with Gasteiger partial charge in [0, 0.05) is 49.5 Å². The van der Waals surface area contributed by atoms with Crippen LogP contribution in [0.1, 0.15) is 37.6 Å². The van der Waals surface area contributed by atoms with Gasteiger partial charge in [-0.15, -0.1) is 11.3 Å². The maximum atomic E-state index is 12.6. The van der Waals surface area contributed by atoms with Crippen molar-refractivity contribution in [3.63, 3.8) is 0 Å². The zero-order valence-electron chi connectivity index (χ0n) is 14.9. The smallest absolute Gasteiger partial charge is 0.240 e. The third-order valence-electron chi connectivity index (χ3n) is 5.84. The van der Waals surface area contributed by atoms with Crippen molar-refractivity contribution in [1.29, 1.82) is 0 Å². The van der Waals surface area contributed by atoms with E-state index in [9.17, 15) is 4.79 Å². The molecule has 3 rings (SSSR count). The molecule has 1 aliphatic heterocycles. The van der Waals surface area contributed by atoms with Crippen LogP contribution in [0.2, 0.25) is 0 Å². The Kier molecular flexibility index (Phi) is 5.02. The van der Waals surface area contributed by atoms with Crippen LogP contribution >= 0.6 is 11.3 Å². The summed E-state index contributed by atoms with van der Waals surface area (Å²) in [5, 5.41) is 5.22. The fraction of sp³-hybridized carbons (Fsp3) is 0.722. The number of thiophene rings is 1. The molecule has 2 aliphatic rings. The molecule has 1 aromatic rings. The van der Waals surface area contributed by atoms with Crippen molar-refractivity contribution in [2.24, 2.45) is 11.1 Å². The first-order valence-corrected chi connectivity index (χ1v) is 9.73. The minimum Gasteiger partial charge on any atom is -0.378 e. The van der Waals surface area contributed by atoms with E-state index in [4.69, 9.17) is 10.5 Å². The standard InChI is InChI=1S/C18H29N3O2S/c1-4-23-15-11-18(19,17(15,2)3)16(22)20-7-9-21-8-5-14-13(12-21)6-10-24-14/h6,10,15H,4-5,7-9,11-12,19H2,1-3H3,(H,20,22). The van der Waals surface area contributed by atoms with E-state index in [0.29, 0.717) is 19.6 Å². The van der Waals surface area contributed by atoms with Crippen LogP contribution in [0, 0.1) is 5.41 Å². The molecular formula is C18H29N3O2S. The highest BCUT2D eigenvalue weighted by Crippen LogP contribution is 2.49. The van der Waals surface area contributed by atoms with Gasteiger partial charge in [-0.3, -0.25) is 9.69 Å². The van der Waals surface area contributed by atoms with E-state index in [1.807, 2.05) is 32.1 Å². The van der Waals surface area contributed by atoms with E-state index in [2.05, 4.69) is 21.7 Å². The van der Waals surface area contributed by atoms with Gasteiger partial charge < -0.3 is 15.8 Å². The number of nitrogens with one attached hydrogen (secondary N) is 1. The fourth-order valence-corrected chi connectivity index (χ4v) is 4.69. The summed E-state index contributed by atoms with van der Waals surface area (Å²) in [5.41, 5.74) is 6.69. The van der Waals surface area contributed by atoms with Crippen LogP contribution in [-0.4, -0.2) is 48.7 Å². The number of hydrogen-bond acceptors (Lipinski definition) is 5. The molecular weight excluding hydrogens is 322 g/mol. The highest BCUT2D eigenvalue weighted by atomic mass is 32.1. The molecule has 0 bridgehead atoms. The lowest BCUT2D eigenvalue weighted by Crippen LogP contribution is -2.75. The third kappa shape index (κ3) is 3.01. The van der Waals surface area contributed by atoms with E-state index >= 15 is 0 Å². The average molecular weight is 352 g/mol. The summed E-state index contributed by atoms with van der Waals surface area (Å²) < 4.78 is 5.70. The van der Waals surface area contributed by atoms with Gasteiger partial charge in [-0.1, -0.05) is 13.8 Å². The van der Waals surface area contributed by atoms with Crippen molar-refractivity contribution in [2.75, 3.05) is 26.2 Å². The zero-order valence-corrected chi connectivity index (χ0v) is 15.7. The number of rotatable bonds is 6. The average Bonchev–Trinajstić information content (AvgIpc) is 3.02. The van der Waals surface area contributed by atoms with Gasteiger partial charge in [-0.25, -0.2) is 0 Å². The molecule has 1 aromatic heterocycles. The summed E-state index contributed by atoms with van der Waals surface area (Å²) in [6.45, 7) is 10.3. The molecule has 1 aliphatic carbocycles. The normalized spacial score (nSPS) is 28.9. The van der Waals surface area contributed by atoms with E-state index in [1.54, 1.807) is 0 Å². The quantitative estimate of drug-likeness (QED) is 0.819. The van der Waals surface area contributed by atoms with Crippen molar-refractivity contribution >= 4 is 17.2 Å². The van der Waals surface area contributed by atoms with Gasteiger partial charge in [-0.2, -0.15) is 0 Å². The molecule has 6 heteroatoms. The van der Waals surface area contributed by atoms with E-state index < -0.39 is 5.54 Å². The molecule has 0 aromatic carbocycles. The minimum absolute atomic E-state index is 0.0447. The molecule has 1 saturated carbocycles. The molecule has 3 N–H and O–H groups in total. The highest BCUT2D eigenvalue weighted by Gasteiger charge is 2.62. The number of nitrogens with zero attached hydrogens (tertiary/aromatic N) is 1. The lowest BCUT2D eigenvalue weighted by Gasteiger charge is -2.57. The van der Waals surface area contributed by atoms with Crippen LogP contribution in [0.25, 0.3) is 0 Å². The van der Waals surface area contributed by atoms with Crippen LogP contribution in [0.4, 0.5) is 0 Å². The Morgan fingerprint density at radius 3 is 3.04 bits per heavy atom. The number of ether oxygens (including phenoxy) is 1. The molecule has 2 heterocycles. The van der Waals surface area contributed by atoms with Crippen LogP contribution in [0.5, 0.6) is 0 Å². The minimum atomic E-state index is -0.824. The second-order valence-electron chi connectivity index (χ2n) is 7.49. The summed E-state index contributed by atoms with van der Waals surface area (Å²) in [6.07, 6.45) is 1.78. The van der Waals surface area contributed by atoms with Crippen LogP contribution in [0.15, 0.2) is 11.4 Å². The molecule has 0 spiro atoms. The summed E-state index contributed by atoms with van der Waals surface area (Å²) in [7, 11) is 0. The third-order valence-corrected chi connectivity index (χ3v) is 6.86. The Morgan fingerprint density at radius 2 is 2.33 bits per heavy atom. The molecule has 0 radical (unpaired) electrons. The Hall–Kier alpha value is -0.950. The van der Waals surface area contributed by atoms with Gasteiger partial charge in [0.05, 0.1) is 6.10 Å². The van der Waals surface area contributed by atoms with Gasteiger partial charge in [0.15, 0.2) is 0 Å². The summed E-state index contributed by atoms with van der Waals surface area (Å²) in [5.74, 6) is -0.0447. The number of hydrogen-bond donors (Lipinski definition) is 2. The number of fused-ring (bicyclic) bond motifs is 1. The second-order valence-corrected chi connectivity index (χ2v) is 8.49. The first-order valence-electron chi connectivity index (χ1n) is 8.85. The number of amides is 1. The maximum absolute atomic E-state index is 12.6. The Bertz CT molecular complexity index is 601. The summed E-state index contributed by atoms with van der Waals surface area (Å²) >= 11 is 1.85. The van der Waals surface area contributed by atoms with Gasteiger partial charge in [0.25, 0.3) is 0 Å². The molecule has 24 heavy (non-hydrogen) atoms. The number of nitrogens with two attached hydrogens (primary N) is 1. The van der Waals surface area contributed by atoms with E-state index in [-0.39, 0.29) is 17.4 Å². The molecule has 1 amide bonds. The topological polar surface area (TPSA) is 67.6 Å². The summed E-state index contributed by atoms with van der Waals surface area (Å²) in [6, 6.07) is 2.21. The van der Waals surface area contributed by atoms with Gasteiger partial charge in [0.2, 0.25) is 5.91 Å². The Morgan fingerprint density at radius 1 is 1.54 bits per heavy atom. The predicted molar refractivity (Wildman–Crippen MR) is 97.0 cm³/mol. The predicted octanol–water partition coefficient (Wildman–Crippen LogP) is 1.75. The summed E-state index contributed by atoms with van der Waals surface area (Å²) in [4.78, 5) is 16.5. The van der Waals surface area contributed by atoms with Crippen molar-refractivity contribution in [3.05, 3.63) is 21.9 Å². The van der Waals surface area contributed by atoms with Crippen LogP contribution in [-0.2, 0) is 22.5 Å². The monoisotopic (exact) mass is 351 g/mol. The largest absolute Gasteiger partial charge is 0.378 e. The lowest BCUT2D eigenvalue weighted by molar-refractivity contribution is -0.170. The molecule has 5 nitrogen and oxygen atoms in total. The number of carbonyl (C=O) groups is 1. The van der Waals surface area contributed by atoms with Crippen molar-refractivity contribution in [1.82, 2.24) is 10.2 Å². The SMILES string of the molecule is CCOC1CC(N)(C(=O)NCCN2CCc3sccc3C2)C1(C)C. The molecule has 0 saturated heterocycles. The Labute approximate surface area is 148 Å². The fourth-order valence-electron chi connectivity index (χ4n) is 3.80. The van der Waals surface area contributed by atoms with Crippen molar-refractivity contribution in [3.8, 4) is 0 Å². The van der Waals surface area contributed by atoms with Gasteiger partial charge >= 0.3 is 0 Å². The number of carbonyl (C=O) groups excluding carboxylic acids is 1. The van der Waals surface area contributed by atoms with Crippen LogP contribution in [0.3, 0.4) is 0 Å². The first kappa shape index (κ1) is 17.9. The first-order chi connectivity index (χ1) is 11.4. The van der Waals surface area contributed by atoms with Gasteiger partial charge in [0.1, 0.15) is 5.54 Å². The van der Waals surface area contributed by atoms with Crippen LogP contribution < -0.4 is 11.1 Å². The molecule has 2 atom stereocenters. The lowest BCUT2D eigenvalue weighted by atomic mass is 9.54. The zero-order chi connectivity index (χ0) is 17.4. The van der Waals surface area contributed by atoms with E-state index in [1.165, 1.54) is 10.4 Å². The molecule has 1 fully saturated rings. The van der Waals surface area contributed by atoms with Crippen molar-refractivity contribution < 1.29 is 9.53 Å². The van der Waals surface area contributed by atoms with E-state index in [0.717, 1.165) is 26.1 Å². The molecule has 2 unspecified atom stereocenters. The maximum Gasteiger partial charge on any atom is 0.240 e. The second kappa shape index (κ2) is 6.75. The molecule has 134 valence electrons. The van der Waals surface area contributed by atoms with Gasteiger partial charge in [-0.05, 0) is 30.4 Å².